The molecule has 2 fully saturated rings. The lowest BCUT2D eigenvalue weighted by Crippen LogP contribution is -2.49. The molecule has 1 atom stereocenters. The molecule has 8 heteroatoms. The van der Waals surface area contributed by atoms with Crippen molar-refractivity contribution >= 4 is 0 Å². The zero-order valence-corrected chi connectivity index (χ0v) is 13.6. The SMILES string of the molecule is c1cnc(-c2n[nH]c(CN[C@H]3CCOC4(CCOCC4)C3)n2)cn1. The number of hydrogen-bond acceptors (Lipinski definition) is 7. The van der Waals surface area contributed by atoms with Gasteiger partial charge < -0.3 is 14.8 Å². The predicted octanol–water partition coefficient (Wildman–Crippen LogP) is 1.08. The van der Waals surface area contributed by atoms with Crippen molar-refractivity contribution in [1.29, 1.82) is 0 Å². The van der Waals surface area contributed by atoms with Gasteiger partial charge in [0, 0.05) is 38.3 Å². The number of nitrogens with zero attached hydrogens (tertiary/aromatic N) is 4. The first kappa shape index (κ1) is 15.6. The maximum atomic E-state index is 6.08. The number of hydrogen-bond donors (Lipinski definition) is 2. The van der Waals surface area contributed by atoms with Gasteiger partial charge in [0.1, 0.15) is 11.5 Å². The maximum absolute atomic E-state index is 6.08. The molecule has 0 aromatic carbocycles. The van der Waals surface area contributed by atoms with Crippen molar-refractivity contribution in [3.05, 3.63) is 24.4 Å². The van der Waals surface area contributed by atoms with Gasteiger partial charge in [-0.05, 0) is 25.7 Å². The lowest BCUT2D eigenvalue weighted by Gasteiger charge is -2.43. The van der Waals surface area contributed by atoms with Gasteiger partial charge in [-0.3, -0.25) is 10.1 Å². The quantitative estimate of drug-likeness (QED) is 0.865. The Morgan fingerprint density at radius 1 is 1.25 bits per heavy atom. The Morgan fingerprint density at radius 3 is 3.00 bits per heavy atom. The van der Waals surface area contributed by atoms with Gasteiger partial charge in [0.25, 0.3) is 0 Å². The van der Waals surface area contributed by atoms with Gasteiger partial charge in [-0.15, -0.1) is 0 Å². The van der Waals surface area contributed by atoms with Gasteiger partial charge in [-0.2, -0.15) is 5.10 Å². The smallest absolute Gasteiger partial charge is 0.201 e. The number of nitrogens with one attached hydrogen (secondary N) is 2. The molecule has 0 unspecified atom stereocenters. The lowest BCUT2D eigenvalue weighted by molar-refractivity contribution is -0.140. The van der Waals surface area contributed by atoms with Crippen molar-refractivity contribution in [2.75, 3.05) is 19.8 Å². The van der Waals surface area contributed by atoms with Crippen LogP contribution in [0.4, 0.5) is 0 Å². The molecule has 128 valence electrons. The summed E-state index contributed by atoms with van der Waals surface area (Å²) >= 11 is 0. The van der Waals surface area contributed by atoms with Crippen molar-refractivity contribution in [3.63, 3.8) is 0 Å². The molecule has 4 heterocycles. The topological polar surface area (TPSA) is 97.8 Å². The zero-order chi connectivity index (χ0) is 16.2. The highest BCUT2D eigenvalue weighted by atomic mass is 16.5. The first-order valence-corrected chi connectivity index (χ1v) is 8.46. The fourth-order valence-corrected chi connectivity index (χ4v) is 3.44. The van der Waals surface area contributed by atoms with Crippen molar-refractivity contribution in [3.8, 4) is 11.5 Å². The van der Waals surface area contributed by atoms with Crippen LogP contribution in [-0.2, 0) is 16.0 Å². The molecule has 0 saturated carbocycles. The van der Waals surface area contributed by atoms with E-state index in [1.54, 1.807) is 18.6 Å². The molecule has 2 saturated heterocycles. The van der Waals surface area contributed by atoms with Crippen LogP contribution in [0.2, 0.25) is 0 Å². The van der Waals surface area contributed by atoms with Crippen molar-refractivity contribution in [2.45, 2.75) is 43.9 Å². The molecule has 24 heavy (non-hydrogen) atoms. The van der Waals surface area contributed by atoms with Gasteiger partial charge in [-0.1, -0.05) is 0 Å². The molecule has 0 radical (unpaired) electrons. The third-order valence-electron chi connectivity index (χ3n) is 4.78. The molecule has 1 spiro atoms. The van der Waals surface area contributed by atoms with Gasteiger partial charge in [-0.25, -0.2) is 9.97 Å². The second-order valence-electron chi connectivity index (χ2n) is 6.41. The second-order valence-corrected chi connectivity index (χ2v) is 6.41. The van der Waals surface area contributed by atoms with Gasteiger partial charge in [0.05, 0.1) is 18.3 Å². The van der Waals surface area contributed by atoms with E-state index in [-0.39, 0.29) is 5.60 Å². The van der Waals surface area contributed by atoms with Crippen LogP contribution < -0.4 is 5.32 Å². The largest absolute Gasteiger partial charge is 0.381 e. The van der Waals surface area contributed by atoms with Crippen LogP contribution in [0.5, 0.6) is 0 Å². The normalized spacial score (nSPS) is 23.4. The van der Waals surface area contributed by atoms with E-state index < -0.39 is 0 Å². The number of aromatic amines is 1. The molecule has 8 nitrogen and oxygen atoms in total. The zero-order valence-electron chi connectivity index (χ0n) is 13.6. The summed E-state index contributed by atoms with van der Waals surface area (Å²) in [5.41, 5.74) is 0.674. The van der Waals surface area contributed by atoms with Crippen LogP contribution in [0.25, 0.3) is 11.5 Å². The molecule has 0 aliphatic carbocycles. The number of H-pyrrole nitrogens is 1. The summed E-state index contributed by atoms with van der Waals surface area (Å²) in [6.45, 7) is 3.07. The van der Waals surface area contributed by atoms with E-state index in [2.05, 4.69) is 30.5 Å². The van der Waals surface area contributed by atoms with Crippen LogP contribution in [0.3, 0.4) is 0 Å². The Labute approximate surface area is 140 Å². The van der Waals surface area contributed by atoms with Crippen LogP contribution in [0, 0.1) is 0 Å². The second kappa shape index (κ2) is 6.92. The molecule has 4 rings (SSSR count). The fraction of sp³-hybridized carbons (Fsp3) is 0.625. The first-order valence-electron chi connectivity index (χ1n) is 8.46. The third-order valence-corrected chi connectivity index (χ3v) is 4.78. The van der Waals surface area contributed by atoms with E-state index in [0.717, 1.165) is 51.3 Å². The highest BCUT2D eigenvalue weighted by molar-refractivity contribution is 5.45. The average molecular weight is 330 g/mol. The Hall–Kier alpha value is -1.90. The summed E-state index contributed by atoms with van der Waals surface area (Å²) in [5, 5.41) is 10.8. The Morgan fingerprint density at radius 2 is 2.17 bits per heavy atom. The van der Waals surface area contributed by atoms with E-state index in [4.69, 9.17) is 9.47 Å². The summed E-state index contributed by atoms with van der Waals surface area (Å²) in [6.07, 6.45) is 8.96. The Balaban J connectivity index is 1.34. The molecule has 2 aliphatic rings. The molecular weight excluding hydrogens is 308 g/mol. The van der Waals surface area contributed by atoms with Crippen LogP contribution in [-0.4, -0.2) is 56.6 Å². The molecule has 0 bridgehead atoms. The number of rotatable bonds is 4. The minimum absolute atomic E-state index is 0.000366. The van der Waals surface area contributed by atoms with Gasteiger partial charge in [0.15, 0.2) is 0 Å². The summed E-state index contributed by atoms with van der Waals surface area (Å²) in [5.74, 6) is 1.39. The summed E-state index contributed by atoms with van der Waals surface area (Å²) in [4.78, 5) is 12.7. The van der Waals surface area contributed by atoms with Gasteiger partial charge >= 0.3 is 0 Å². The Kier molecular flexibility index (Phi) is 4.50. The minimum Gasteiger partial charge on any atom is -0.381 e. The fourth-order valence-electron chi connectivity index (χ4n) is 3.44. The number of aromatic nitrogens is 5. The van der Waals surface area contributed by atoms with E-state index in [1.807, 2.05) is 0 Å². The highest BCUT2D eigenvalue weighted by Gasteiger charge is 2.38. The molecule has 2 aromatic heterocycles. The highest BCUT2D eigenvalue weighted by Crippen LogP contribution is 2.34. The first-order chi connectivity index (χ1) is 11.8. The van der Waals surface area contributed by atoms with E-state index >= 15 is 0 Å². The van der Waals surface area contributed by atoms with E-state index in [0.29, 0.717) is 24.1 Å². The van der Waals surface area contributed by atoms with Crippen molar-refractivity contribution in [2.24, 2.45) is 0 Å². The summed E-state index contributed by atoms with van der Waals surface area (Å²) in [6, 6.07) is 0.432. The summed E-state index contributed by atoms with van der Waals surface area (Å²) in [7, 11) is 0. The number of ether oxygens (including phenoxy) is 2. The van der Waals surface area contributed by atoms with Crippen LogP contribution in [0.1, 0.15) is 31.5 Å². The lowest BCUT2D eigenvalue weighted by atomic mass is 9.84. The average Bonchev–Trinajstić information content (AvgIpc) is 3.11. The molecule has 2 N–H and O–H groups in total. The van der Waals surface area contributed by atoms with Gasteiger partial charge in [0.2, 0.25) is 5.82 Å². The van der Waals surface area contributed by atoms with Crippen LogP contribution >= 0.6 is 0 Å². The molecular formula is C16H22N6O2. The molecule has 2 aliphatic heterocycles. The molecule has 0 amide bonds. The van der Waals surface area contributed by atoms with Crippen LogP contribution in [0.15, 0.2) is 18.6 Å². The van der Waals surface area contributed by atoms with Crippen molar-refractivity contribution < 1.29 is 9.47 Å². The monoisotopic (exact) mass is 330 g/mol. The Bertz CT molecular complexity index is 650. The standard InChI is InChI=1S/C16H22N6O2/c1-6-24-16(2-7-23-8-3-16)9-12(1)19-11-14-20-15(22-21-14)13-10-17-4-5-18-13/h4-5,10,12,19H,1-3,6-9,11H2,(H,20,21,22)/t12-/m0/s1. The van der Waals surface area contributed by atoms with E-state index in [1.165, 1.54) is 0 Å². The minimum atomic E-state index is 0.000366. The predicted molar refractivity (Wildman–Crippen MR) is 86.0 cm³/mol. The van der Waals surface area contributed by atoms with E-state index in [9.17, 15) is 0 Å². The molecule has 2 aromatic rings. The van der Waals surface area contributed by atoms with Crippen molar-refractivity contribution in [1.82, 2.24) is 30.5 Å². The third kappa shape index (κ3) is 3.45. The maximum Gasteiger partial charge on any atom is 0.201 e. The summed E-state index contributed by atoms with van der Waals surface area (Å²) < 4.78 is 11.6.